The van der Waals surface area contributed by atoms with E-state index in [1.54, 1.807) is 0 Å². The lowest BCUT2D eigenvalue weighted by Crippen LogP contribution is -2.47. The van der Waals surface area contributed by atoms with Gasteiger partial charge < -0.3 is 15.8 Å². The van der Waals surface area contributed by atoms with Gasteiger partial charge in [0.1, 0.15) is 0 Å². The second kappa shape index (κ2) is 5.36. The molecule has 1 saturated heterocycles. The van der Waals surface area contributed by atoms with Crippen molar-refractivity contribution in [3.05, 3.63) is 35.4 Å². The van der Waals surface area contributed by atoms with Crippen LogP contribution in [0.3, 0.4) is 0 Å². The maximum atomic E-state index is 12.3. The molecule has 22 heavy (non-hydrogen) atoms. The fourth-order valence-electron chi connectivity index (χ4n) is 4.08. The number of amides is 1. The van der Waals surface area contributed by atoms with Gasteiger partial charge in [0.25, 0.3) is 5.91 Å². The van der Waals surface area contributed by atoms with Gasteiger partial charge in [0.15, 0.2) is 0 Å². The Balaban J connectivity index is 1.33. The highest BCUT2D eigenvalue weighted by atomic mass is 16.5. The van der Waals surface area contributed by atoms with Crippen LogP contribution in [0.5, 0.6) is 0 Å². The minimum absolute atomic E-state index is 0.0487. The molecule has 1 spiro atoms. The Kier molecular flexibility index (Phi) is 3.46. The van der Waals surface area contributed by atoms with Gasteiger partial charge in [0.05, 0.1) is 0 Å². The highest BCUT2D eigenvalue weighted by Gasteiger charge is 2.60. The monoisotopic (exact) mass is 300 g/mol. The van der Waals surface area contributed by atoms with Crippen LogP contribution >= 0.6 is 0 Å². The highest BCUT2D eigenvalue weighted by Crippen LogP contribution is 2.59. The molecule has 1 heterocycles. The summed E-state index contributed by atoms with van der Waals surface area (Å²) in [7, 11) is 0. The molecule has 1 unspecified atom stereocenters. The maximum absolute atomic E-state index is 12.3. The van der Waals surface area contributed by atoms with E-state index in [2.05, 4.69) is 17.4 Å². The largest absolute Gasteiger partial charge is 0.381 e. The average Bonchev–Trinajstić information content (AvgIpc) is 3.19. The van der Waals surface area contributed by atoms with E-state index in [4.69, 9.17) is 10.5 Å². The maximum Gasteiger partial charge on any atom is 0.251 e. The van der Waals surface area contributed by atoms with Gasteiger partial charge in [-0.2, -0.15) is 0 Å². The van der Waals surface area contributed by atoms with E-state index in [1.165, 1.54) is 5.56 Å². The first kappa shape index (κ1) is 14.2. The van der Waals surface area contributed by atoms with Crippen LogP contribution in [0, 0.1) is 5.41 Å². The molecule has 0 aromatic heterocycles. The van der Waals surface area contributed by atoms with Gasteiger partial charge in [0.2, 0.25) is 0 Å². The zero-order valence-electron chi connectivity index (χ0n) is 12.9. The number of nitrogens with one attached hydrogen (secondary N) is 1. The number of nitrogens with two attached hydrogens (primary N) is 1. The van der Waals surface area contributed by atoms with E-state index in [-0.39, 0.29) is 5.91 Å². The number of ether oxygens (including phenoxy) is 1. The molecule has 1 aromatic carbocycles. The number of benzene rings is 1. The molecule has 3 aliphatic rings. The molecule has 4 heteroatoms. The summed E-state index contributed by atoms with van der Waals surface area (Å²) < 4.78 is 5.40. The first-order valence-corrected chi connectivity index (χ1v) is 8.40. The average molecular weight is 300 g/mol. The second-order valence-corrected chi connectivity index (χ2v) is 7.26. The Hall–Kier alpha value is -1.39. The first-order chi connectivity index (χ1) is 10.7. The van der Waals surface area contributed by atoms with Gasteiger partial charge in [-0.05, 0) is 61.1 Å². The number of rotatable bonds is 3. The summed E-state index contributed by atoms with van der Waals surface area (Å²) in [6.45, 7) is 1.69. The molecule has 3 fully saturated rings. The van der Waals surface area contributed by atoms with Gasteiger partial charge in [-0.3, -0.25) is 4.79 Å². The minimum Gasteiger partial charge on any atom is -0.381 e. The van der Waals surface area contributed by atoms with Crippen LogP contribution in [0.2, 0.25) is 0 Å². The van der Waals surface area contributed by atoms with Crippen molar-refractivity contribution in [2.75, 3.05) is 13.2 Å². The fraction of sp³-hybridized carbons (Fsp3) is 0.611. The van der Waals surface area contributed by atoms with Gasteiger partial charge >= 0.3 is 0 Å². The summed E-state index contributed by atoms with van der Waals surface area (Å²) in [5, 5.41) is 3.13. The van der Waals surface area contributed by atoms with Crippen molar-refractivity contribution in [1.82, 2.24) is 5.32 Å². The number of hydrogen-bond donors (Lipinski definition) is 2. The van der Waals surface area contributed by atoms with Crippen molar-refractivity contribution in [1.29, 1.82) is 0 Å². The van der Waals surface area contributed by atoms with E-state index >= 15 is 0 Å². The molecule has 0 bridgehead atoms. The molecule has 2 saturated carbocycles. The van der Waals surface area contributed by atoms with Crippen LogP contribution in [0.1, 0.15) is 53.9 Å². The van der Waals surface area contributed by atoms with E-state index in [0.717, 1.165) is 50.9 Å². The van der Waals surface area contributed by atoms with Gasteiger partial charge in [-0.25, -0.2) is 0 Å². The van der Waals surface area contributed by atoms with Crippen molar-refractivity contribution in [3.8, 4) is 0 Å². The van der Waals surface area contributed by atoms with Crippen molar-refractivity contribution in [2.45, 2.75) is 50.1 Å². The van der Waals surface area contributed by atoms with Crippen molar-refractivity contribution in [2.24, 2.45) is 11.1 Å². The molecular formula is C18H24N2O2. The van der Waals surface area contributed by atoms with Crippen LogP contribution in [0.25, 0.3) is 0 Å². The second-order valence-electron chi connectivity index (χ2n) is 7.26. The number of carbonyl (C=O) groups excluding carboxylic acids is 1. The summed E-state index contributed by atoms with van der Waals surface area (Å²) in [5.41, 5.74) is 8.40. The zero-order chi connectivity index (χ0) is 15.2. The lowest BCUT2D eigenvalue weighted by molar-refractivity contribution is 0.0850. The standard InChI is InChI=1S/C18H24N2O2/c19-16-11-18(16)9-15(10-18)20-17(21)14-3-1-12(2-4-14)13-5-7-22-8-6-13/h1-4,13,15-16H,5-11,19H2,(H,20,21). The third-order valence-corrected chi connectivity index (χ3v) is 5.76. The van der Waals surface area contributed by atoms with Crippen LogP contribution < -0.4 is 11.1 Å². The summed E-state index contributed by atoms with van der Waals surface area (Å²) >= 11 is 0. The zero-order valence-corrected chi connectivity index (χ0v) is 12.9. The molecule has 3 N–H and O–H groups in total. The predicted octanol–water partition coefficient (Wildman–Crippen LogP) is 2.19. The molecule has 4 rings (SSSR count). The van der Waals surface area contributed by atoms with E-state index in [1.807, 2.05) is 12.1 Å². The molecule has 4 nitrogen and oxygen atoms in total. The minimum atomic E-state index is 0.0487. The molecular weight excluding hydrogens is 276 g/mol. The Bertz CT molecular complexity index is 557. The Morgan fingerprint density at radius 2 is 1.77 bits per heavy atom. The van der Waals surface area contributed by atoms with Crippen LogP contribution in [0.4, 0.5) is 0 Å². The number of carbonyl (C=O) groups is 1. The van der Waals surface area contributed by atoms with E-state index < -0.39 is 0 Å². The smallest absolute Gasteiger partial charge is 0.251 e. The SMILES string of the molecule is NC1CC12CC(NC(=O)c1ccc(C3CCOCC3)cc1)C2. The summed E-state index contributed by atoms with van der Waals surface area (Å²) in [6, 6.07) is 8.80. The Morgan fingerprint density at radius 1 is 1.14 bits per heavy atom. The lowest BCUT2D eigenvalue weighted by atomic mass is 9.76. The lowest BCUT2D eigenvalue weighted by Gasteiger charge is -2.37. The Labute approximate surface area is 131 Å². The Morgan fingerprint density at radius 3 is 2.36 bits per heavy atom. The van der Waals surface area contributed by atoms with Crippen LogP contribution in [-0.4, -0.2) is 31.2 Å². The van der Waals surface area contributed by atoms with E-state index in [0.29, 0.717) is 23.4 Å². The molecule has 1 amide bonds. The normalized spacial score (nSPS) is 34.2. The quantitative estimate of drug-likeness (QED) is 0.899. The molecule has 1 aromatic rings. The first-order valence-electron chi connectivity index (χ1n) is 8.40. The number of hydrogen-bond acceptors (Lipinski definition) is 3. The summed E-state index contributed by atoms with van der Waals surface area (Å²) in [4.78, 5) is 12.3. The molecule has 2 aliphatic carbocycles. The molecule has 0 radical (unpaired) electrons. The third-order valence-electron chi connectivity index (χ3n) is 5.76. The van der Waals surface area contributed by atoms with Crippen LogP contribution in [0.15, 0.2) is 24.3 Å². The highest BCUT2D eigenvalue weighted by molar-refractivity contribution is 5.94. The van der Waals surface area contributed by atoms with Gasteiger partial charge in [-0.15, -0.1) is 0 Å². The molecule has 118 valence electrons. The van der Waals surface area contributed by atoms with Crippen molar-refractivity contribution >= 4 is 5.91 Å². The van der Waals surface area contributed by atoms with Gasteiger partial charge in [-0.1, -0.05) is 12.1 Å². The summed E-state index contributed by atoms with van der Waals surface area (Å²) in [5.74, 6) is 0.626. The fourth-order valence-corrected chi connectivity index (χ4v) is 4.08. The van der Waals surface area contributed by atoms with Crippen LogP contribution in [-0.2, 0) is 4.74 Å². The molecule has 1 aliphatic heterocycles. The van der Waals surface area contributed by atoms with Crippen molar-refractivity contribution in [3.63, 3.8) is 0 Å². The van der Waals surface area contributed by atoms with Crippen molar-refractivity contribution < 1.29 is 9.53 Å². The van der Waals surface area contributed by atoms with E-state index in [9.17, 15) is 4.79 Å². The topological polar surface area (TPSA) is 64.3 Å². The predicted molar refractivity (Wildman–Crippen MR) is 84.7 cm³/mol. The third kappa shape index (κ3) is 2.55. The van der Waals surface area contributed by atoms with Gasteiger partial charge in [0, 0.05) is 30.9 Å². The summed E-state index contributed by atoms with van der Waals surface area (Å²) in [6.07, 6.45) is 5.41. The molecule has 1 atom stereocenters.